The highest BCUT2D eigenvalue weighted by atomic mass is 16.5. The van der Waals surface area contributed by atoms with Gasteiger partial charge in [0.1, 0.15) is 11.5 Å². The largest absolute Gasteiger partial charge is 0.462 e. The zero-order chi connectivity index (χ0) is 20.8. The molecule has 2 aromatic rings. The molecule has 2 bridgehead atoms. The molecule has 1 aromatic heterocycles. The Bertz CT molecular complexity index is 1050. The maximum absolute atomic E-state index is 12.7. The van der Waals surface area contributed by atoms with Crippen molar-refractivity contribution in [3.05, 3.63) is 59.9 Å². The summed E-state index contributed by atoms with van der Waals surface area (Å²) in [6.07, 6.45) is 6.38. The number of esters is 1. The third-order valence-corrected chi connectivity index (χ3v) is 6.05. The van der Waals surface area contributed by atoms with Gasteiger partial charge in [0.2, 0.25) is 0 Å². The predicted molar refractivity (Wildman–Crippen MR) is 107 cm³/mol. The molecule has 0 radical (unpaired) electrons. The molecule has 2 heterocycles. The molecule has 7 heteroatoms. The molecule has 2 amide bonds. The summed E-state index contributed by atoms with van der Waals surface area (Å²) < 4.78 is 10.7. The lowest BCUT2D eigenvalue weighted by atomic mass is 9.85. The Balaban J connectivity index is 1.30. The molecule has 1 saturated carbocycles. The molecule has 7 nitrogen and oxygen atoms in total. The number of furan rings is 1. The van der Waals surface area contributed by atoms with E-state index in [4.69, 9.17) is 9.15 Å². The first-order valence-electron chi connectivity index (χ1n) is 10.0. The number of nitrogens with zero attached hydrogens (tertiary/aromatic N) is 2. The van der Waals surface area contributed by atoms with Crippen molar-refractivity contribution >= 4 is 24.0 Å². The lowest BCUT2D eigenvalue weighted by molar-refractivity contribution is -0.140. The highest BCUT2D eigenvalue weighted by Gasteiger charge is 2.59. The number of hydrazone groups is 1. The lowest BCUT2D eigenvalue weighted by Crippen LogP contribution is -2.28. The smallest absolute Gasteiger partial charge is 0.338 e. The van der Waals surface area contributed by atoms with Gasteiger partial charge in [0.05, 0.1) is 30.2 Å². The molecular formula is C23H20N2O5. The van der Waals surface area contributed by atoms with Crippen LogP contribution in [0.2, 0.25) is 0 Å². The van der Waals surface area contributed by atoms with Crippen LogP contribution in [0, 0.1) is 23.7 Å². The Kier molecular flexibility index (Phi) is 4.38. The molecule has 30 heavy (non-hydrogen) atoms. The van der Waals surface area contributed by atoms with Gasteiger partial charge in [-0.2, -0.15) is 10.1 Å². The number of rotatable bonds is 5. The summed E-state index contributed by atoms with van der Waals surface area (Å²) in [6.45, 7) is 2.08. The number of hydrogen-bond donors (Lipinski definition) is 0. The minimum absolute atomic E-state index is 0.157. The molecule has 5 rings (SSSR count). The molecule has 152 valence electrons. The molecule has 3 aliphatic rings. The Hall–Kier alpha value is -3.48. The number of imide groups is 1. The van der Waals surface area contributed by atoms with Gasteiger partial charge in [-0.15, -0.1) is 0 Å². The minimum atomic E-state index is -0.371. The number of carbonyl (C=O) groups is 3. The van der Waals surface area contributed by atoms with Crippen LogP contribution >= 0.6 is 0 Å². The number of hydrogen-bond acceptors (Lipinski definition) is 6. The highest BCUT2D eigenvalue weighted by molar-refractivity contribution is 6.06. The van der Waals surface area contributed by atoms with E-state index in [0.717, 1.165) is 17.0 Å². The molecule has 0 N–H and O–H groups in total. The summed E-state index contributed by atoms with van der Waals surface area (Å²) in [5, 5.41) is 5.12. The molecule has 0 spiro atoms. The van der Waals surface area contributed by atoms with Crippen molar-refractivity contribution in [2.24, 2.45) is 28.8 Å². The van der Waals surface area contributed by atoms with E-state index in [0.29, 0.717) is 23.7 Å². The van der Waals surface area contributed by atoms with E-state index in [1.54, 1.807) is 43.3 Å². The first-order chi connectivity index (χ1) is 14.6. The lowest BCUT2D eigenvalue weighted by Gasteiger charge is -2.13. The van der Waals surface area contributed by atoms with Crippen molar-refractivity contribution in [1.29, 1.82) is 0 Å². The van der Waals surface area contributed by atoms with Crippen molar-refractivity contribution in [2.75, 3.05) is 6.61 Å². The second kappa shape index (κ2) is 7.09. The second-order valence-corrected chi connectivity index (χ2v) is 7.73. The van der Waals surface area contributed by atoms with E-state index >= 15 is 0 Å². The average molecular weight is 404 g/mol. The average Bonchev–Trinajstić information content (AvgIpc) is 3.52. The standard InChI is InChI=1S/C23H20N2O5/c1-2-29-23(28)14-5-3-13(4-6-14)18-10-9-17(30-18)12-24-25-21(26)19-15-7-8-16(11-15)20(19)22(25)27/h3-10,12,15-16,19-20H,2,11H2,1H3/b24-12-/t15-,16-,19+,20+/m0/s1. The topological polar surface area (TPSA) is 89.2 Å². The number of fused-ring (bicyclic) bond motifs is 5. The van der Waals surface area contributed by atoms with Gasteiger partial charge in [0, 0.05) is 5.56 Å². The van der Waals surface area contributed by atoms with E-state index in [-0.39, 0.29) is 41.5 Å². The molecule has 2 fully saturated rings. The van der Waals surface area contributed by atoms with Crippen molar-refractivity contribution < 1.29 is 23.5 Å². The Morgan fingerprint density at radius 3 is 2.40 bits per heavy atom. The number of carbonyl (C=O) groups excluding carboxylic acids is 3. The van der Waals surface area contributed by atoms with Gasteiger partial charge in [0.25, 0.3) is 11.8 Å². The predicted octanol–water partition coefficient (Wildman–Crippen LogP) is 3.26. The van der Waals surface area contributed by atoms with Crippen LogP contribution in [-0.4, -0.2) is 35.6 Å². The zero-order valence-electron chi connectivity index (χ0n) is 16.4. The fourth-order valence-corrected chi connectivity index (χ4v) is 4.68. The van der Waals surface area contributed by atoms with Gasteiger partial charge >= 0.3 is 5.97 Å². The van der Waals surface area contributed by atoms with E-state index < -0.39 is 0 Å². The fraction of sp³-hybridized carbons (Fsp3) is 0.304. The number of allylic oxidation sites excluding steroid dienone is 2. The van der Waals surface area contributed by atoms with Crippen LogP contribution in [0.5, 0.6) is 0 Å². The monoisotopic (exact) mass is 404 g/mol. The SMILES string of the molecule is CCOC(=O)c1ccc(-c2ccc(/C=N\N3C(=O)[C@H]4[C@H](C3=O)[C@H]3C=C[C@H]4C3)o2)cc1. The van der Waals surface area contributed by atoms with Crippen molar-refractivity contribution in [3.8, 4) is 11.3 Å². The van der Waals surface area contributed by atoms with Crippen molar-refractivity contribution in [3.63, 3.8) is 0 Å². The maximum Gasteiger partial charge on any atom is 0.338 e. The molecule has 1 aromatic carbocycles. The van der Waals surface area contributed by atoms with Crippen LogP contribution in [0.3, 0.4) is 0 Å². The third kappa shape index (κ3) is 2.89. The van der Waals surface area contributed by atoms with Crippen LogP contribution in [0.4, 0.5) is 0 Å². The van der Waals surface area contributed by atoms with Gasteiger partial charge < -0.3 is 9.15 Å². The first kappa shape index (κ1) is 18.5. The quantitative estimate of drug-likeness (QED) is 0.330. The summed E-state index contributed by atoms with van der Waals surface area (Å²) in [7, 11) is 0. The van der Waals surface area contributed by atoms with E-state index in [1.165, 1.54) is 6.21 Å². The Morgan fingerprint density at radius 2 is 1.77 bits per heavy atom. The van der Waals surface area contributed by atoms with Crippen molar-refractivity contribution in [1.82, 2.24) is 5.01 Å². The molecular weight excluding hydrogens is 384 g/mol. The van der Waals surface area contributed by atoms with Crippen LogP contribution in [0.25, 0.3) is 11.3 Å². The third-order valence-electron chi connectivity index (χ3n) is 6.05. The summed E-state index contributed by atoms with van der Waals surface area (Å²) in [4.78, 5) is 37.1. The van der Waals surface area contributed by atoms with Gasteiger partial charge in [0.15, 0.2) is 0 Å². The Morgan fingerprint density at radius 1 is 1.10 bits per heavy atom. The van der Waals surface area contributed by atoms with Crippen LogP contribution in [0.1, 0.15) is 29.5 Å². The minimum Gasteiger partial charge on any atom is -0.462 e. The zero-order valence-corrected chi connectivity index (χ0v) is 16.4. The molecule has 1 aliphatic heterocycles. The maximum atomic E-state index is 12.7. The second-order valence-electron chi connectivity index (χ2n) is 7.73. The highest BCUT2D eigenvalue weighted by Crippen LogP contribution is 2.52. The number of ether oxygens (including phenoxy) is 1. The van der Waals surface area contributed by atoms with Crippen LogP contribution in [0.15, 0.2) is 58.1 Å². The van der Waals surface area contributed by atoms with E-state index in [9.17, 15) is 14.4 Å². The molecule has 2 aliphatic carbocycles. The Labute approximate surface area is 173 Å². The fourth-order valence-electron chi connectivity index (χ4n) is 4.68. The van der Waals surface area contributed by atoms with Gasteiger partial charge in [-0.05, 0) is 49.4 Å². The van der Waals surface area contributed by atoms with E-state index in [2.05, 4.69) is 17.3 Å². The van der Waals surface area contributed by atoms with Gasteiger partial charge in [-0.3, -0.25) is 9.59 Å². The number of amides is 2. The van der Waals surface area contributed by atoms with Crippen LogP contribution < -0.4 is 0 Å². The molecule has 4 atom stereocenters. The molecule has 0 unspecified atom stereocenters. The van der Waals surface area contributed by atoms with Gasteiger partial charge in [-0.1, -0.05) is 24.3 Å². The summed E-state index contributed by atoms with van der Waals surface area (Å²) in [5.74, 6) is -0.0230. The van der Waals surface area contributed by atoms with Gasteiger partial charge in [-0.25, -0.2) is 4.79 Å². The summed E-state index contributed by atoms with van der Waals surface area (Å²) in [6, 6.07) is 10.4. The van der Waals surface area contributed by atoms with Crippen molar-refractivity contribution in [2.45, 2.75) is 13.3 Å². The van der Waals surface area contributed by atoms with E-state index in [1.807, 2.05) is 0 Å². The molecule has 1 saturated heterocycles. The first-order valence-corrected chi connectivity index (χ1v) is 10.0. The summed E-state index contributed by atoms with van der Waals surface area (Å²) in [5.41, 5.74) is 1.25. The van der Waals surface area contributed by atoms with Crippen LogP contribution in [-0.2, 0) is 14.3 Å². The number of benzene rings is 1. The normalized spacial score (nSPS) is 26.8. The summed E-state index contributed by atoms with van der Waals surface area (Å²) >= 11 is 0.